The van der Waals surface area contributed by atoms with Crippen molar-refractivity contribution in [2.45, 2.75) is 77.1 Å². The Balaban J connectivity index is 4.65. The van der Waals surface area contributed by atoms with Gasteiger partial charge in [-0.15, -0.1) is 11.6 Å². The molecular formula is C17H35ClO3. The standard InChI is InChI=1S/C17H35ClO3/c1-7-8-9-10-11-12-16(18)15(13-14(2)3)17(19-4,20-5)21-6/h14-16H,7-13H2,1-6H3. The van der Waals surface area contributed by atoms with Crippen LogP contribution >= 0.6 is 11.6 Å². The zero-order chi connectivity index (χ0) is 16.3. The lowest BCUT2D eigenvalue weighted by Gasteiger charge is -2.39. The van der Waals surface area contributed by atoms with Crippen molar-refractivity contribution >= 4 is 11.6 Å². The van der Waals surface area contributed by atoms with Crippen molar-refractivity contribution in [1.29, 1.82) is 0 Å². The molecule has 0 heterocycles. The Kier molecular flexibility index (Phi) is 11.8. The van der Waals surface area contributed by atoms with Crippen LogP contribution < -0.4 is 0 Å². The first-order chi connectivity index (χ1) is 9.97. The van der Waals surface area contributed by atoms with Gasteiger partial charge in [0.2, 0.25) is 0 Å². The zero-order valence-electron chi connectivity index (χ0n) is 14.8. The second-order valence-corrected chi connectivity index (χ2v) is 6.73. The van der Waals surface area contributed by atoms with Gasteiger partial charge < -0.3 is 14.2 Å². The average molecular weight is 323 g/mol. The van der Waals surface area contributed by atoms with Crippen LogP contribution in [0.3, 0.4) is 0 Å². The van der Waals surface area contributed by atoms with Crippen LogP contribution in [0.2, 0.25) is 0 Å². The summed E-state index contributed by atoms with van der Waals surface area (Å²) in [5.41, 5.74) is 0. The van der Waals surface area contributed by atoms with E-state index >= 15 is 0 Å². The van der Waals surface area contributed by atoms with Crippen LogP contribution in [-0.4, -0.2) is 32.7 Å². The lowest BCUT2D eigenvalue weighted by molar-refractivity contribution is -0.380. The van der Waals surface area contributed by atoms with Crippen LogP contribution in [-0.2, 0) is 14.2 Å². The van der Waals surface area contributed by atoms with Gasteiger partial charge in [-0.1, -0.05) is 52.9 Å². The topological polar surface area (TPSA) is 27.7 Å². The van der Waals surface area contributed by atoms with Crippen molar-refractivity contribution < 1.29 is 14.2 Å². The van der Waals surface area contributed by atoms with Gasteiger partial charge >= 0.3 is 0 Å². The molecule has 4 heteroatoms. The minimum atomic E-state index is -1.04. The van der Waals surface area contributed by atoms with E-state index in [2.05, 4.69) is 20.8 Å². The van der Waals surface area contributed by atoms with Crippen LogP contribution in [0.25, 0.3) is 0 Å². The van der Waals surface area contributed by atoms with E-state index in [0.29, 0.717) is 5.92 Å². The average Bonchev–Trinajstić information content (AvgIpc) is 2.47. The molecule has 128 valence electrons. The molecule has 0 aliphatic rings. The van der Waals surface area contributed by atoms with Crippen molar-refractivity contribution in [3.8, 4) is 0 Å². The molecule has 0 radical (unpaired) electrons. The maximum Gasteiger partial charge on any atom is 0.286 e. The second kappa shape index (κ2) is 11.7. The van der Waals surface area contributed by atoms with Gasteiger partial charge in [-0.25, -0.2) is 0 Å². The van der Waals surface area contributed by atoms with E-state index in [0.717, 1.165) is 19.3 Å². The van der Waals surface area contributed by atoms with E-state index in [1.807, 2.05) is 0 Å². The number of hydrogen-bond donors (Lipinski definition) is 0. The highest BCUT2D eigenvalue weighted by Gasteiger charge is 2.44. The number of ether oxygens (including phenoxy) is 3. The zero-order valence-corrected chi connectivity index (χ0v) is 15.5. The first-order valence-corrected chi connectivity index (χ1v) is 8.70. The molecule has 3 nitrogen and oxygen atoms in total. The number of rotatable bonds is 13. The molecule has 0 aromatic heterocycles. The fourth-order valence-electron chi connectivity index (χ4n) is 2.87. The van der Waals surface area contributed by atoms with Crippen LogP contribution in [0.4, 0.5) is 0 Å². The van der Waals surface area contributed by atoms with Gasteiger partial charge in [0.15, 0.2) is 0 Å². The van der Waals surface area contributed by atoms with E-state index in [-0.39, 0.29) is 11.3 Å². The Bertz CT molecular complexity index is 234. The van der Waals surface area contributed by atoms with E-state index in [4.69, 9.17) is 25.8 Å². The summed E-state index contributed by atoms with van der Waals surface area (Å²) in [6.45, 7) is 6.60. The van der Waals surface area contributed by atoms with Crippen molar-refractivity contribution in [3.63, 3.8) is 0 Å². The summed E-state index contributed by atoms with van der Waals surface area (Å²) in [7, 11) is 4.85. The quantitative estimate of drug-likeness (QED) is 0.265. The molecule has 0 saturated carbocycles. The van der Waals surface area contributed by atoms with E-state index in [9.17, 15) is 0 Å². The fourth-order valence-corrected chi connectivity index (χ4v) is 3.28. The Hall–Kier alpha value is 0.170. The number of halogens is 1. The highest BCUT2D eigenvalue weighted by molar-refractivity contribution is 6.20. The van der Waals surface area contributed by atoms with Gasteiger partial charge in [-0.3, -0.25) is 0 Å². The molecule has 21 heavy (non-hydrogen) atoms. The summed E-state index contributed by atoms with van der Waals surface area (Å²) in [6.07, 6.45) is 8.14. The summed E-state index contributed by atoms with van der Waals surface area (Å²) >= 11 is 6.68. The van der Waals surface area contributed by atoms with Crippen LogP contribution in [0.15, 0.2) is 0 Å². The normalized spacial score (nSPS) is 15.4. The predicted octanol–water partition coefficient (Wildman–Crippen LogP) is 5.21. The molecule has 0 N–H and O–H groups in total. The number of alkyl halides is 1. The summed E-state index contributed by atoms with van der Waals surface area (Å²) in [6, 6.07) is 0. The lowest BCUT2D eigenvalue weighted by atomic mass is 9.89. The van der Waals surface area contributed by atoms with Crippen LogP contribution in [0.5, 0.6) is 0 Å². The van der Waals surface area contributed by atoms with Crippen LogP contribution in [0.1, 0.15) is 65.7 Å². The van der Waals surface area contributed by atoms with Crippen molar-refractivity contribution in [1.82, 2.24) is 0 Å². The molecular weight excluding hydrogens is 288 g/mol. The lowest BCUT2D eigenvalue weighted by Crippen LogP contribution is -2.48. The SMILES string of the molecule is CCCCCCCC(Cl)C(CC(C)C)C(OC)(OC)OC. The van der Waals surface area contributed by atoms with E-state index < -0.39 is 5.97 Å². The predicted molar refractivity (Wildman–Crippen MR) is 89.7 cm³/mol. The molecule has 0 spiro atoms. The second-order valence-electron chi connectivity index (χ2n) is 6.17. The largest absolute Gasteiger partial charge is 0.331 e. The minimum absolute atomic E-state index is 0.00567. The first kappa shape index (κ1) is 21.2. The molecule has 0 bridgehead atoms. The number of unbranched alkanes of at least 4 members (excludes halogenated alkanes) is 4. The van der Waals surface area contributed by atoms with Crippen LogP contribution in [0, 0.1) is 11.8 Å². The highest BCUT2D eigenvalue weighted by Crippen LogP contribution is 2.36. The molecule has 0 amide bonds. The molecule has 2 unspecified atom stereocenters. The van der Waals surface area contributed by atoms with Gasteiger partial charge in [0.25, 0.3) is 5.97 Å². The molecule has 0 rings (SSSR count). The first-order valence-electron chi connectivity index (χ1n) is 8.26. The number of hydrogen-bond acceptors (Lipinski definition) is 3. The molecule has 0 fully saturated rings. The van der Waals surface area contributed by atoms with Gasteiger partial charge in [-0.05, 0) is 18.8 Å². The van der Waals surface area contributed by atoms with E-state index in [1.165, 1.54) is 25.7 Å². The van der Waals surface area contributed by atoms with Gasteiger partial charge in [0, 0.05) is 26.7 Å². The molecule has 0 aliphatic carbocycles. The van der Waals surface area contributed by atoms with E-state index in [1.54, 1.807) is 21.3 Å². The van der Waals surface area contributed by atoms with Gasteiger partial charge in [-0.2, -0.15) is 0 Å². The molecule has 0 aromatic carbocycles. The Morgan fingerprint density at radius 1 is 0.905 bits per heavy atom. The molecule has 2 atom stereocenters. The fraction of sp³-hybridized carbons (Fsp3) is 1.00. The third-order valence-electron chi connectivity index (χ3n) is 4.05. The maximum absolute atomic E-state index is 6.68. The van der Waals surface area contributed by atoms with Crippen molar-refractivity contribution in [2.24, 2.45) is 11.8 Å². The number of methoxy groups -OCH3 is 3. The Morgan fingerprint density at radius 2 is 1.43 bits per heavy atom. The molecule has 0 aromatic rings. The monoisotopic (exact) mass is 322 g/mol. The summed E-state index contributed by atoms with van der Waals surface area (Å²) in [5, 5.41) is -0.00567. The van der Waals surface area contributed by atoms with Gasteiger partial charge in [0.05, 0.1) is 5.92 Å². The summed E-state index contributed by atoms with van der Waals surface area (Å²) in [4.78, 5) is 0. The smallest absolute Gasteiger partial charge is 0.286 e. The maximum atomic E-state index is 6.68. The third kappa shape index (κ3) is 7.32. The summed E-state index contributed by atoms with van der Waals surface area (Å²) < 4.78 is 16.6. The van der Waals surface area contributed by atoms with Gasteiger partial charge in [0.1, 0.15) is 0 Å². The van der Waals surface area contributed by atoms with Crippen molar-refractivity contribution in [3.05, 3.63) is 0 Å². The third-order valence-corrected chi connectivity index (χ3v) is 4.58. The Morgan fingerprint density at radius 3 is 1.86 bits per heavy atom. The molecule has 0 saturated heterocycles. The minimum Gasteiger partial charge on any atom is -0.331 e. The highest BCUT2D eigenvalue weighted by atomic mass is 35.5. The van der Waals surface area contributed by atoms with Crippen molar-refractivity contribution in [2.75, 3.05) is 21.3 Å². The molecule has 0 aliphatic heterocycles. The Labute approximate surface area is 136 Å². The summed E-state index contributed by atoms with van der Waals surface area (Å²) in [5.74, 6) is -0.512.